The fraction of sp³-hybridized carbons (Fsp3) is 0.250. The van der Waals surface area contributed by atoms with E-state index < -0.39 is 0 Å². The number of aromatic hydroxyl groups is 1. The van der Waals surface area contributed by atoms with Gasteiger partial charge < -0.3 is 10.8 Å². The van der Waals surface area contributed by atoms with Gasteiger partial charge in [0.1, 0.15) is 5.75 Å². The van der Waals surface area contributed by atoms with Crippen LogP contribution in [0.25, 0.3) is 10.9 Å². The standard InChI is InChI=1S/C12H12N2O/c13-12-8-2-1-3-10(8)14-11-6-7(15)4-5-9(11)12/h4-6,15H,1-3H2,(H2,13,14). The van der Waals surface area contributed by atoms with Gasteiger partial charge in [-0.3, -0.25) is 4.98 Å². The van der Waals surface area contributed by atoms with Gasteiger partial charge in [0, 0.05) is 22.8 Å². The van der Waals surface area contributed by atoms with Crippen LogP contribution in [0, 0.1) is 0 Å². The summed E-state index contributed by atoms with van der Waals surface area (Å²) < 4.78 is 0. The molecular weight excluding hydrogens is 188 g/mol. The number of pyridine rings is 1. The molecule has 0 saturated carbocycles. The molecule has 0 amide bonds. The number of rotatable bonds is 0. The molecule has 0 unspecified atom stereocenters. The van der Waals surface area contributed by atoms with Crippen molar-refractivity contribution in [1.29, 1.82) is 0 Å². The number of nitrogens with two attached hydrogens (primary N) is 1. The van der Waals surface area contributed by atoms with Crippen molar-refractivity contribution in [1.82, 2.24) is 4.98 Å². The minimum atomic E-state index is 0.243. The number of phenolic OH excluding ortho intramolecular Hbond substituents is 1. The first kappa shape index (κ1) is 8.53. The normalized spacial score (nSPS) is 14.4. The first-order valence-corrected chi connectivity index (χ1v) is 5.15. The van der Waals surface area contributed by atoms with Crippen LogP contribution in [0.2, 0.25) is 0 Å². The van der Waals surface area contributed by atoms with Gasteiger partial charge in [-0.2, -0.15) is 0 Å². The molecule has 1 heterocycles. The molecule has 0 saturated heterocycles. The van der Waals surface area contributed by atoms with E-state index >= 15 is 0 Å². The molecule has 0 fully saturated rings. The van der Waals surface area contributed by atoms with Crippen molar-refractivity contribution < 1.29 is 5.11 Å². The second-order valence-corrected chi connectivity index (χ2v) is 4.01. The molecule has 1 aromatic heterocycles. The number of phenols is 1. The van der Waals surface area contributed by atoms with Gasteiger partial charge >= 0.3 is 0 Å². The van der Waals surface area contributed by atoms with Crippen molar-refractivity contribution in [3.8, 4) is 5.75 Å². The second kappa shape index (κ2) is 2.86. The van der Waals surface area contributed by atoms with Crippen molar-refractivity contribution in [3.05, 3.63) is 29.5 Å². The van der Waals surface area contributed by atoms with E-state index in [1.54, 1.807) is 12.1 Å². The minimum absolute atomic E-state index is 0.243. The zero-order valence-electron chi connectivity index (χ0n) is 8.33. The van der Waals surface area contributed by atoms with Crippen LogP contribution in [0.3, 0.4) is 0 Å². The molecule has 0 aliphatic heterocycles. The highest BCUT2D eigenvalue weighted by molar-refractivity contribution is 5.93. The third-order valence-corrected chi connectivity index (χ3v) is 3.04. The van der Waals surface area contributed by atoms with E-state index in [-0.39, 0.29) is 5.75 Å². The zero-order chi connectivity index (χ0) is 10.4. The first-order chi connectivity index (χ1) is 7.25. The van der Waals surface area contributed by atoms with Gasteiger partial charge in [-0.05, 0) is 37.0 Å². The van der Waals surface area contributed by atoms with E-state index in [1.807, 2.05) is 6.07 Å². The Kier molecular flexibility index (Phi) is 1.63. The third kappa shape index (κ3) is 1.16. The zero-order valence-corrected chi connectivity index (χ0v) is 8.33. The van der Waals surface area contributed by atoms with E-state index in [1.165, 1.54) is 5.56 Å². The molecule has 1 aliphatic carbocycles. The molecule has 3 rings (SSSR count). The summed E-state index contributed by atoms with van der Waals surface area (Å²) in [4.78, 5) is 4.54. The van der Waals surface area contributed by atoms with Crippen molar-refractivity contribution >= 4 is 16.6 Å². The van der Waals surface area contributed by atoms with Crippen molar-refractivity contribution in [2.24, 2.45) is 0 Å². The summed E-state index contributed by atoms with van der Waals surface area (Å²) in [6, 6.07) is 5.16. The van der Waals surface area contributed by atoms with Gasteiger partial charge in [0.05, 0.1) is 5.52 Å². The predicted octanol–water partition coefficient (Wildman–Crippen LogP) is 2.01. The molecule has 3 nitrogen and oxygen atoms in total. The molecule has 1 aromatic carbocycles. The Hall–Kier alpha value is -1.77. The van der Waals surface area contributed by atoms with Gasteiger partial charge in [-0.15, -0.1) is 0 Å². The van der Waals surface area contributed by atoms with E-state index in [9.17, 15) is 5.11 Å². The molecule has 0 atom stereocenters. The number of nitrogens with zero attached hydrogens (tertiary/aromatic N) is 1. The average molecular weight is 200 g/mol. The van der Waals surface area contributed by atoms with Crippen LogP contribution >= 0.6 is 0 Å². The largest absolute Gasteiger partial charge is 0.508 e. The van der Waals surface area contributed by atoms with Gasteiger partial charge in [-0.25, -0.2) is 0 Å². The lowest BCUT2D eigenvalue weighted by Crippen LogP contribution is -1.98. The van der Waals surface area contributed by atoms with Crippen LogP contribution in [-0.2, 0) is 12.8 Å². The van der Waals surface area contributed by atoms with E-state index in [0.717, 1.165) is 41.5 Å². The monoisotopic (exact) mass is 200 g/mol. The number of hydrogen-bond donors (Lipinski definition) is 2. The van der Waals surface area contributed by atoms with Crippen LogP contribution in [0.15, 0.2) is 18.2 Å². The fourth-order valence-corrected chi connectivity index (χ4v) is 2.29. The molecule has 0 bridgehead atoms. The Bertz CT molecular complexity index is 549. The molecule has 2 aromatic rings. The van der Waals surface area contributed by atoms with Crippen LogP contribution in [0.4, 0.5) is 5.69 Å². The number of hydrogen-bond acceptors (Lipinski definition) is 3. The third-order valence-electron chi connectivity index (χ3n) is 3.04. The topological polar surface area (TPSA) is 59.1 Å². The van der Waals surface area contributed by atoms with Crippen molar-refractivity contribution in [2.45, 2.75) is 19.3 Å². The number of nitrogen functional groups attached to an aromatic ring is 1. The van der Waals surface area contributed by atoms with Gasteiger partial charge in [-0.1, -0.05) is 0 Å². The molecule has 1 aliphatic rings. The quantitative estimate of drug-likeness (QED) is 0.684. The summed E-state index contributed by atoms with van der Waals surface area (Å²) in [6.45, 7) is 0. The number of anilines is 1. The maximum Gasteiger partial charge on any atom is 0.117 e. The van der Waals surface area contributed by atoms with Gasteiger partial charge in [0.2, 0.25) is 0 Å². The van der Waals surface area contributed by atoms with Gasteiger partial charge in [0.15, 0.2) is 0 Å². The summed E-state index contributed by atoms with van der Waals surface area (Å²) >= 11 is 0. The predicted molar refractivity (Wildman–Crippen MR) is 59.8 cm³/mol. The highest BCUT2D eigenvalue weighted by Crippen LogP contribution is 2.32. The first-order valence-electron chi connectivity index (χ1n) is 5.15. The summed E-state index contributed by atoms with van der Waals surface area (Å²) in [5.74, 6) is 0.243. The van der Waals surface area contributed by atoms with E-state index in [0.29, 0.717) is 0 Å². The van der Waals surface area contributed by atoms with Crippen LogP contribution in [0.1, 0.15) is 17.7 Å². The molecule has 3 N–H and O–H groups in total. The van der Waals surface area contributed by atoms with Crippen molar-refractivity contribution in [3.63, 3.8) is 0 Å². The lowest BCUT2D eigenvalue weighted by Gasteiger charge is -2.07. The molecule has 0 spiro atoms. The Morgan fingerprint density at radius 1 is 1.27 bits per heavy atom. The van der Waals surface area contributed by atoms with Crippen LogP contribution < -0.4 is 5.73 Å². The Morgan fingerprint density at radius 3 is 3.00 bits per heavy atom. The molecular formula is C12H12N2O. The van der Waals surface area contributed by atoms with Crippen LogP contribution in [0.5, 0.6) is 5.75 Å². The summed E-state index contributed by atoms with van der Waals surface area (Å²) in [5.41, 5.74) is 10.0. The number of aromatic nitrogens is 1. The SMILES string of the molecule is Nc1c2c(nc3cc(O)ccc13)CCC2. The van der Waals surface area contributed by atoms with E-state index in [2.05, 4.69) is 4.98 Å². The molecule has 15 heavy (non-hydrogen) atoms. The Morgan fingerprint density at radius 2 is 2.13 bits per heavy atom. The number of aryl methyl sites for hydroxylation is 1. The fourth-order valence-electron chi connectivity index (χ4n) is 2.29. The molecule has 3 heteroatoms. The lowest BCUT2D eigenvalue weighted by molar-refractivity contribution is 0.476. The van der Waals surface area contributed by atoms with Gasteiger partial charge in [0.25, 0.3) is 0 Å². The van der Waals surface area contributed by atoms with Crippen molar-refractivity contribution in [2.75, 3.05) is 5.73 Å². The lowest BCUT2D eigenvalue weighted by atomic mass is 10.1. The number of fused-ring (bicyclic) bond motifs is 2. The molecule has 76 valence electrons. The Balaban J connectivity index is 2.41. The van der Waals surface area contributed by atoms with Crippen LogP contribution in [-0.4, -0.2) is 10.1 Å². The molecule has 0 radical (unpaired) electrons. The summed E-state index contributed by atoms with van der Waals surface area (Å²) in [7, 11) is 0. The summed E-state index contributed by atoms with van der Waals surface area (Å²) in [6.07, 6.45) is 3.17. The highest BCUT2D eigenvalue weighted by Gasteiger charge is 2.17. The number of benzene rings is 1. The summed E-state index contributed by atoms with van der Waals surface area (Å²) in [5, 5.41) is 10.3. The average Bonchev–Trinajstić information content (AvgIpc) is 2.65. The maximum atomic E-state index is 9.39. The smallest absolute Gasteiger partial charge is 0.117 e. The minimum Gasteiger partial charge on any atom is -0.508 e. The second-order valence-electron chi connectivity index (χ2n) is 4.01. The van der Waals surface area contributed by atoms with E-state index in [4.69, 9.17) is 5.73 Å². The Labute approximate surface area is 87.6 Å². The highest BCUT2D eigenvalue weighted by atomic mass is 16.3. The maximum absolute atomic E-state index is 9.39.